The van der Waals surface area contributed by atoms with Crippen LogP contribution in [-0.4, -0.2) is 12.6 Å². The molecule has 1 aromatic carbocycles. The quantitative estimate of drug-likeness (QED) is 0.875. The minimum atomic E-state index is -4.44. The van der Waals surface area contributed by atoms with E-state index in [1.165, 1.54) is 12.1 Å². The van der Waals surface area contributed by atoms with Crippen molar-refractivity contribution in [2.24, 2.45) is 5.73 Å². The van der Waals surface area contributed by atoms with E-state index < -0.39 is 11.7 Å². The maximum Gasteiger partial charge on any atom is 0.417 e. The van der Waals surface area contributed by atoms with Gasteiger partial charge in [0.2, 0.25) is 0 Å². The van der Waals surface area contributed by atoms with E-state index >= 15 is 0 Å². The summed E-state index contributed by atoms with van der Waals surface area (Å²) in [5, 5.41) is 2.65. The van der Waals surface area contributed by atoms with Gasteiger partial charge in [-0.05, 0) is 38.1 Å². The van der Waals surface area contributed by atoms with Crippen LogP contribution in [0, 0.1) is 0 Å². The number of hydrogen-bond acceptors (Lipinski definition) is 2. The first kappa shape index (κ1) is 14.1. The molecule has 0 radical (unpaired) electrons. The molecule has 0 saturated heterocycles. The molecule has 0 fully saturated rings. The average Bonchev–Trinajstić information content (AvgIpc) is 2.19. The molecule has 0 aliphatic carbocycles. The highest BCUT2D eigenvalue weighted by atomic mass is 35.5. The fourth-order valence-electron chi connectivity index (χ4n) is 1.44. The standard InChI is InChI=1S/C11H14ClF3N2/c1-7(4-5-16)17-8-2-3-10(12)9(6-8)11(13,14)15/h2-3,6-7,17H,4-5,16H2,1H3. The second-order valence-electron chi connectivity index (χ2n) is 3.82. The summed E-state index contributed by atoms with van der Waals surface area (Å²) in [4.78, 5) is 0. The Kier molecular flexibility index (Phi) is 4.65. The molecule has 0 aliphatic rings. The zero-order chi connectivity index (χ0) is 13.1. The lowest BCUT2D eigenvalue weighted by molar-refractivity contribution is -0.137. The van der Waals surface area contributed by atoms with Crippen LogP contribution in [0.4, 0.5) is 18.9 Å². The van der Waals surface area contributed by atoms with Crippen LogP contribution in [0.3, 0.4) is 0 Å². The van der Waals surface area contributed by atoms with Gasteiger partial charge in [0.05, 0.1) is 10.6 Å². The molecular weight excluding hydrogens is 253 g/mol. The van der Waals surface area contributed by atoms with E-state index in [-0.39, 0.29) is 11.1 Å². The van der Waals surface area contributed by atoms with Gasteiger partial charge in [0, 0.05) is 11.7 Å². The van der Waals surface area contributed by atoms with E-state index in [0.29, 0.717) is 18.7 Å². The molecule has 0 aromatic heterocycles. The summed E-state index contributed by atoms with van der Waals surface area (Å²) in [5.41, 5.74) is 4.93. The Balaban J connectivity index is 2.89. The predicted octanol–water partition coefficient (Wildman–Crippen LogP) is 3.51. The summed E-state index contributed by atoms with van der Waals surface area (Å²) in [7, 11) is 0. The van der Waals surface area contributed by atoms with Crippen molar-refractivity contribution in [1.82, 2.24) is 0 Å². The summed E-state index contributed by atoms with van der Waals surface area (Å²) in [5.74, 6) is 0. The maximum atomic E-state index is 12.6. The van der Waals surface area contributed by atoms with Crippen molar-refractivity contribution in [3.8, 4) is 0 Å². The normalized spacial score (nSPS) is 13.5. The number of rotatable bonds is 4. The summed E-state index contributed by atoms with van der Waals surface area (Å²) in [6.45, 7) is 2.34. The summed E-state index contributed by atoms with van der Waals surface area (Å²) in [6, 6.07) is 3.78. The average molecular weight is 267 g/mol. The number of benzene rings is 1. The molecule has 1 unspecified atom stereocenters. The molecule has 0 saturated carbocycles. The largest absolute Gasteiger partial charge is 0.417 e. The van der Waals surface area contributed by atoms with Crippen LogP contribution in [0.15, 0.2) is 18.2 Å². The topological polar surface area (TPSA) is 38.0 Å². The zero-order valence-electron chi connectivity index (χ0n) is 9.31. The number of anilines is 1. The Hall–Kier alpha value is -0.940. The number of hydrogen-bond donors (Lipinski definition) is 2. The van der Waals surface area contributed by atoms with Crippen LogP contribution in [0.1, 0.15) is 18.9 Å². The van der Waals surface area contributed by atoms with Gasteiger partial charge in [0.1, 0.15) is 0 Å². The van der Waals surface area contributed by atoms with Crippen LogP contribution in [0.25, 0.3) is 0 Å². The lowest BCUT2D eigenvalue weighted by atomic mass is 10.1. The Labute approximate surface area is 103 Å². The SMILES string of the molecule is CC(CCN)Nc1ccc(Cl)c(C(F)(F)F)c1. The Morgan fingerprint density at radius 3 is 2.59 bits per heavy atom. The molecule has 1 rings (SSSR count). The Morgan fingerprint density at radius 2 is 2.06 bits per heavy atom. The van der Waals surface area contributed by atoms with Gasteiger partial charge < -0.3 is 11.1 Å². The molecule has 1 atom stereocenters. The van der Waals surface area contributed by atoms with E-state index in [0.717, 1.165) is 6.07 Å². The third-order valence-corrected chi connectivity index (χ3v) is 2.61. The molecular formula is C11H14ClF3N2. The van der Waals surface area contributed by atoms with Crippen LogP contribution in [0.5, 0.6) is 0 Å². The van der Waals surface area contributed by atoms with Crippen LogP contribution in [-0.2, 0) is 6.18 Å². The number of alkyl halides is 3. The van der Waals surface area contributed by atoms with Gasteiger partial charge in [-0.3, -0.25) is 0 Å². The van der Waals surface area contributed by atoms with Crippen molar-refractivity contribution in [2.75, 3.05) is 11.9 Å². The van der Waals surface area contributed by atoms with E-state index in [4.69, 9.17) is 17.3 Å². The lowest BCUT2D eigenvalue weighted by Gasteiger charge is -2.16. The van der Waals surface area contributed by atoms with Gasteiger partial charge in [0.25, 0.3) is 0 Å². The highest BCUT2D eigenvalue weighted by molar-refractivity contribution is 6.31. The molecule has 2 nitrogen and oxygen atoms in total. The van der Waals surface area contributed by atoms with Crippen molar-refractivity contribution in [3.63, 3.8) is 0 Å². The van der Waals surface area contributed by atoms with Crippen molar-refractivity contribution >= 4 is 17.3 Å². The second kappa shape index (κ2) is 5.60. The Morgan fingerprint density at radius 1 is 1.41 bits per heavy atom. The molecule has 3 N–H and O–H groups in total. The first-order valence-electron chi connectivity index (χ1n) is 5.18. The van der Waals surface area contributed by atoms with E-state index in [1.807, 2.05) is 6.92 Å². The zero-order valence-corrected chi connectivity index (χ0v) is 10.1. The fraction of sp³-hybridized carbons (Fsp3) is 0.455. The van der Waals surface area contributed by atoms with Gasteiger partial charge >= 0.3 is 6.18 Å². The van der Waals surface area contributed by atoms with Gasteiger partial charge in [-0.25, -0.2) is 0 Å². The first-order chi connectivity index (χ1) is 7.84. The molecule has 1 aromatic rings. The molecule has 0 aliphatic heterocycles. The van der Waals surface area contributed by atoms with Gasteiger partial charge in [-0.2, -0.15) is 13.2 Å². The molecule has 6 heteroatoms. The van der Waals surface area contributed by atoms with E-state index in [9.17, 15) is 13.2 Å². The highest BCUT2D eigenvalue weighted by Crippen LogP contribution is 2.36. The monoisotopic (exact) mass is 266 g/mol. The maximum absolute atomic E-state index is 12.6. The summed E-state index contributed by atoms with van der Waals surface area (Å²) >= 11 is 5.51. The first-order valence-corrected chi connectivity index (χ1v) is 5.55. The third-order valence-electron chi connectivity index (χ3n) is 2.28. The number of halogens is 4. The number of nitrogens with one attached hydrogen (secondary N) is 1. The van der Waals surface area contributed by atoms with Crippen LogP contribution in [0.2, 0.25) is 5.02 Å². The van der Waals surface area contributed by atoms with Crippen molar-refractivity contribution in [2.45, 2.75) is 25.6 Å². The number of nitrogens with two attached hydrogens (primary N) is 1. The summed E-state index contributed by atoms with van der Waals surface area (Å²) in [6.07, 6.45) is -3.75. The van der Waals surface area contributed by atoms with Crippen molar-refractivity contribution < 1.29 is 13.2 Å². The summed E-state index contributed by atoms with van der Waals surface area (Å²) < 4.78 is 37.7. The highest BCUT2D eigenvalue weighted by Gasteiger charge is 2.33. The minimum absolute atomic E-state index is 0.0160. The van der Waals surface area contributed by atoms with Crippen molar-refractivity contribution in [1.29, 1.82) is 0 Å². The van der Waals surface area contributed by atoms with Crippen LogP contribution < -0.4 is 11.1 Å². The molecule has 0 spiro atoms. The second-order valence-corrected chi connectivity index (χ2v) is 4.22. The predicted molar refractivity (Wildman–Crippen MR) is 63.2 cm³/mol. The fourth-order valence-corrected chi connectivity index (χ4v) is 1.66. The minimum Gasteiger partial charge on any atom is -0.383 e. The van der Waals surface area contributed by atoms with E-state index in [1.54, 1.807) is 0 Å². The molecule has 17 heavy (non-hydrogen) atoms. The molecule has 96 valence electrons. The molecule has 0 heterocycles. The smallest absolute Gasteiger partial charge is 0.383 e. The van der Waals surface area contributed by atoms with Gasteiger partial charge in [0.15, 0.2) is 0 Å². The third kappa shape index (κ3) is 4.09. The molecule has 0 amide bonds. The molecule has 0 bridgehead atoms. The Bertz CT molecular complexity index is 379. The van der Waals surface area contributed by atoms with Crippen molar-refractivity contribution in [3.05, 3.63) is 28.8 Å². The van der Waals surface area contributed by atoms with Crippen LogP contribution >= 0.6 is 11.6 Å². The van der Waals surface area contributed by atoms with Gasteiger partial charge in [-0.1, -0.05) is 11.6 Å². The van der Waals surface area contributed by atoms with E-state index in [2.05, 4.69) is 5.32 Å². The lowest BCUT2D eigenvalue weighted by Crippen LogP contribution is -2.19. The van der Waals surface area contributed by atoms with Gasteiger partial charge in [-0.15, -0.1) is 0 Å².